The lowest BCUT2D eigenvalue weighted by atomic mass is 10.0. The lowest BCUT2D eigenvalue weighted by Crippen LogP contribution is -1.94. The van der Waals surface area contributed by atoms with Gasteiger partial charge in [0.25, 0.3) is 0 Å². The fourth-order valence-electron chi connectivity index (χ4n) is 7.33. The molecule has 0 bridgehead atoms. The Morgan fingerprint density at radius 1 is 0.367 bits per heavy atom. The number of hydrogen-bond acceptors (Lipinski definition) is 2. The van der Waals surface area contributed by atoms with Crippen molar-refractivity contribution >= 4 is 54.9 Å². The highest BCUT2D eigenvalue weighted by atomic mass is 32.1. The van der Waals surface area contributed by atoms with Crippen molar-refractivity contribution < 1.29 is 0 Å². The van der Waals surface area contributed by atoms with Crippen molar-refractivity contribution in [3.63, 3.8) is 0 Å². The SMILES string of the molecule is c1ccc(-c2ccc3c(c2)c2cc4c5cc(-c6ccccc6)ccc5n(-c5cnc(-c6ccccc6)s5)c4cc2n3-c2ccccc2)cc1. The van der Waals surface area contributed by atoms with E-state index < -0.39 is 0 Å². The smallest absolute Gasteiger partial charge is 0.125 e. The number of aromatic nitrogens is 3. The summed E-state index contributed by atoms with van der Waals surface area (Å²) in [5.41, 5.74) is 11.8. The van der Waals surface area contributed by atoms with Crippen molar-refractivity contribution in [2.45, 2.75) is 0 Å². The first-order chi connectivity index (χ1) is 24.3. The van der Waals surface area contributed by atoms with Crippen LogP contribution < -0.4 is 0 Å². The van der Waals surface area contributed by atoms with Gasteiger partial charge in [0.1, 0.15) is 10.0 Å². The lowest BCUT2D eigenvalue weighted by molar-refractivity contribution is 1.17. The van der Waals surface area contributed by atoms with E-state index in [4.69, 9.17) is 4.98 Å². The quantitative estimate of drug-likeness (QED) is 0.183. The average Bonchev–Trinajstić information content (AvgIpc) is 3.87. The van der Waals surface area contributed by atoms with E-state index in [0.717, 1.165) is 21.3 Å². The molecule has 3 nitrogen and oxygen atoms in total. The van der Waals surface area contributed by atoms with E-state index in [1.165, 1.54) is 65.9 Å². The first-order valence-corrected chi connectivity index (χ1v) is 17.4. The number of rotatable bonds is 5. The zero-order chi connectivity index (χ0) is 32.3. The third-order valence-corrected chi connectivity index (χ3v) is 10.6. The molecule has 4 heteroatoms. The number of thiazole rings is 1. The molecule has 10 rings (SSSR count). The molecule has 3 aromatic heterocycles. The van der Waals surface area contributed by atoms with Crippen LogP contribution in [0.5, 0.6) is 0 Å². The molecular weight excluding hydrogens is 615 g/mol. The van der Waals surface area contributed by atoms with Gasteiger partial charge in [0.2, 0.25) is 0 Å². The van der Waals surface area contributed by atoms with Gasteiger partial charge < -0.3 is 4.57 Å². The Balaban J connectivity index is 1.31. The van der Waals surface area contributed by atoms with Gasteiger partial charge in [0, 0.05) is 32.8 Å². The van der Waals surface area contributed by atoms with Crippen LogP contribution in [0.4, 0.5) is 0 Å². The maximum atomic E-state index is 4.91. The predicted octanol–water partition coefficient (Wildman–Crippen LogP) is 12.3. The van der Waals surface area contributed by atoms with Crippen LogP contribution in [-0.4, -0.2) is 14.1 Å². The van der Waals surface area contributed by atoms with Gasteiger partial charge in [0.05, 0.1) is 28.3 Å². The summed E-state index contributed by atoms with van der Waals surface area (Å²) in [6, 6.07) is 61.1. The molecule has 49 heavy (non-hydrogen) atoms. The zero-order valence-electron chi connectivity index (χ0n) is 26.5. The minimum atomic E-state index is 1.01. The normalized spacial score (nSPS) is 11.7. The molecule has 0 radical (unpaired) electrons. The van der Waals surface area contributed by atoms with E-state index >= 15 is 0 Å². The molecule has 0 N–H and O–H groups in total. The van der Waals surface area contributed by atoms with Crippen molar-refractivity contribution in [2.24, 2.45) is 0 Å². The van der Waals surface area contributed by atoms with Crippen LogP contribution in [0, 0.1) is 0 Å². The van der Waals surface area contributed by atoms with Crippen LogP contribution in [0.3, 0.4) is 0 Å². The maximum absolute atomic E-state index is 4.91. The molecule has 0 atom stereocenters. The summed E-state index contributed by atoms with van der Waals surface area (Å²) < 4.78 is 4.82. The zero-order valence-corrected chi connectivity index (χ0v) is 27.3. The van der Waals surface area contributed by atoms with Crippen molar-refractivity contribution in [3.05, 3.63) is 176 Å². The standard InChI is InChI=1S/C45H29N3S/c1-5-13-30(14-6-1)33-21-23-40-36(25-33)38-27-39-37-26-34(31-15-7-2-8-16-31)22-24-41(37)48(44-29-46-45(49-44)32-17-9-3-10-18-32)43(39)28-42(38)47(40)35-19-11-4-12-20-35/h1-29H. The van der Waals surface area contributed by atoms with Gasteiger partial charge in [-0.05, 0) is 70.8 Å². The Bertz CT molecular complexity index is 2790. The Labute approximate surface area is 287 Å². The predicted molar refractivity (Wildman–Crippen MR) is 207 cm³/mol. The Morgan fingerprint density at radius 3 is 1.41 bits per heavy atom. The lowest BCUT2D eigenvalue weighted by Gasteiger charge is -2.09. The van der Waals surface area contributed by atoms with Gasteiger partial charge in [-0.3, -0.25) is 4.57 Å². The highest BCUT2D eigenvalue weighted by Gasteiger charge is 2.20. The van der Waals surface area contributed by atoms with Crippen LogP contribution >= 0.6 is 11.3 Å². The summed E-state index contributed by atoms with van der Waals surface area (Å²) in [7, 11) is 0. The summed E-state index contributed by atoms with van der Waals surface area (Å²) in [6.07, 6.45) is 2.03. The first-order valence-electron chi connectivity index (χ1n) is 16.5. The monoisotopic (exact) mass is 643 g/mol. The van der Waals surface area contributed by atoms with Gasteiger partial charge in [-0.1, -0.05) is 133 Å². The average molecular weight is 644 g/mol. The molecule has 230 valence electrons. The Kier molecular flexibility index (Phi) is 6.36. The maximum Gasteiger partial charge on any atom is 0.125 e. The number of hydrogen-bond donors (Lipinski definition) is 0. The van der Waals surface area contributed by atoms with Gasteiger partial charge >= 0.3 is 0 Å². The summed E-state index contributed by atoms with van der Waals surface area (Å²) in [5, 5.41) is 7.05. The van der Waals surface area contributed by atoms with E-state index in [9.17, 15) is 0 Å². The van der Waals surface area contributed by atoms with E-state index in [-0.39, 0.29) is 0 Å². The number of fused-ring (bicyclic) bond motifs is 6. The topological polar surface area (TPSA) is 22.8 Å². The molecular formula is C45H29N3S. The summed E-state index contributed by atoms with van der Waals surface area (Å²) in [4.78, 5) is 4.91. The summed E-state index contributed by atoms with van der Waals surface area (Å²) >= 11 is 1.73. The Hall–Kier alpha value is -6.23. The second-order valence-corrected chi connectivity index (χ2v) is 13.5. The van der Waals surface area contributed by atoms with Crippen LogP contribution in [0.2, 0.25) is 0 Å². The van der Waals surface area contributed by atoms with Gasteiger partial charge in [-0.25, -0.2) is 4.98 Å². The molecule has 0 saturated carbocycles. The van der Waals surface area contributed by atoms with Crippen LogP contribution in [0.15, 0.2) is 176 Å². The molecule has 0 aliphatic carbocycles. The second-order valence-electron chi connectivity index (χ2n) is 12.5. The first kappa shape index (κ1) is 27.8. The Morgan fingerprint density at radius 2 is 0.837 bits per heavy atom. The van der Waals surface area contributed by atoms with Crippen molar-refractivity contribution in [1.82, 2.24) is 14.1 Å². The highest BCUT2D eigenvalue weighted by Crippen LogP contribution is 2.42. The van der Waals surface area contributed by atoms with E-state index in [1.54, 1.807) is 11.3 Å². The number of nitrogens with zero attached hydrogens (tertiary/aromatic N) is 3. The summed E-state index contributed by atoms with van der Waals surface area (Å²) in [5.74, 6) is 0. The molecule has 0 saturated heterocycles. The van der Waals surface area contributed by atoms with Crippen LogP contribution in [-0.2, 0) is 0 Å². The molecule has 0 aliphatic heterocycles. The number of para-hydroxylation sites is 1. The van der Waals surface area contributed by atoms with Gasteiger partial charge in [-0.15, -0.1) is 0 Å². The molecule has 3 heterocycles. The molecule has 0 spiro atoms. The van der Waals surface area contributed by atoms with E-state index in [1.807, 2.05) is 6.20 Å². The van der Waals surface area contributed by atoms with Crippen molar-refractivity contribution in [3.8, 4) is 43.5 Å². The highest BCUT2D eigenvalue weighted by molar-refractivity contribution is 7.17. The fraction of sp³-hybridized carbons (Fsp3) is 0. The molecule has 10 aromatic rings. The van der Waals surface area contributed by atoms with Crippen molar-refractivity contribution in [1.29, 1.82) is 0 Å². The minimum absolute atomic E-state index is 1.01. The van der Waals surface area contributed by atoms with Crippen molar-refractivity contribution in [2.75, 3.05) is 0 Å². The van der Waals surface area contributed by atoms with Crippen LogP contribution in [0.25, 0.3) is 87.1 Å². The molecule has 0 aliphatic rings. The number of benzene rings is 7. The van der Waals surface area contributed by atoms with Crippen LogP contribution in [0.1, 0.15) is 0 Å². The fourth-order valence-corrected chi connectivity index (χ4v) is 8.28. The van der Waals surface area contributed by atoms with Gasteiger partial charge in [0.15, 0.2) is 0 Å². The largest absolute Gasteiger partial charge is 0.309 e. The molecule has 7 aromatic carbocycles. The van der Waals surface area contributed by atoms with E-state index in [0.29, 0.717) is 0 Å². The molecule has 0 amide bonds. The molecule has 0 fully saturated rings. The van der Waals surface area contributed by atoms with Gasteiger partial charge in [-0.2, -0.15) is 0 Å². The second kappa shape index (κ2) is 11.2. The third kappa shape index (κ3) is 4.53. The molecule has 0 unspecified atom stereocenters. The summed E-state index contributed by atoms with van der Waals surface area (Å²) in [6.45, 7) is 0. The minimum Gasteiger partial charge on any atom is -0.309 e. The van der Waals surface area contributed by atoms with E-state index in [2.05, 4.69) is 179 Å². The third-order valence-electron chi connectivity index (χ3n) is 9.61.